The monoisotopic (exact) mass is 303 g/mol. The molecule has 1 aliphatic rings. The Bertz CT molecular complexity index is 424. The molecule has 0 aromatic carbocycles. The topological polar surface area (TPSA) is 96.5 Å². The van der Waals surface area contributed by atoms with Crippen LogP contribution in [0.3, 0.4) is 0 Å². The minimum absolute atomic E-state index is 0.0676. The molecule has 1 rings (SSSR count). The summed E-state index contributed by atoms with van der Waals surface area (Å²) < 4.78 is 65.7. The summed E-state index contributed by atoms with van der Waals surface area (Å²) in [5.41, 5.74) is 5.22. The fraction of sp³-hybridized carbons (Fsp3) is 0.889. The molecule has 0 radical (unpaired) electrons. The van der Waals surface area contributed by atoms with Crippen molar-refractivity contribution in [1.82, 2.24) is 4.31 Å². The summed E-state index contributed by atoms with van der Waals surface area (Å²) in [5, 5.41) is 7.19. The van der Waals surface area contributed by atoms with Gasteiger partial charge in [-0.25, -0.2) is 8.42 Å². The van der Waals surface area contributed by atoms with Crippen molar-refractivity contribution in [2.75, 3.05) is 25.4 Å². The Hall–Kier alpha value is -0.870. The van der Waals surface area contributed by atoms with Gasteiger partial charge in [-0.1, -0.05) is 0 Å². The normalized spacial score (nSPS) is 22.4. The third-order valence-corrected chi connectivity index (χ3v) is 4.56. The van der Waals surface area contributed by atoms with E-state index in [2.05, 4.69) is 0 Å². The summed E-state index contributed by atoms with van der Waals surface area (Å²) in [6, 6.07) is 0. The number of morpholine rings is 1. The number of amidine groups is 1. The minimum atomic E-state index is -4.36. The van der Waals surface area contributed by atoms with E-state index in [9.17, 15) is 21.6 Å². The zero-order valence-corrected chi connectivity index (χ0v) is 10.9. The zero-order valence-electron chi connectivity index (χ0n) is 10.1. The van der Waals surface area contributed by atoms with Gasteiger partial charge < -0.3 is 10.5 Å². The molecule has 0 amide bonds. The van der Waals surface area contributed by atoms with Gasteiger partial charge in [0, 0.05) is 19.5 Å². The average molecular weight is 303 g/mol. The van der Waals surface area contributed by atoms with Crippen LogP contribution in [0.4, 0.5) is 13.2 Å². The van der Waals surface area contributed by atoms with Crippen molar-refractivity contribution in [1.29, 1.82) is 5.41 Å². The lowest BCUT2D eigenvalue weighted by molar-refractivity contribution is -0.134. The molecule has 0 aromatic rings. The lowest BCUT2D eigenvalue weighted by Gasteiger charge is -2.31. The second kappa shape index (κ2) is 6.06. The fourth-order valence-corrected chi connectivity index (χ4v) is 3.13. The number of hydrogen-bond acceptors (Lipinski definition) is 4. The third-order valence-electron chi connectivity index (χ3n) is 2.63. The van der Waals surface area contributed by atoms with Crippen LogP contribution in [0.25, 0.3) is 0 Å². The van der Waals surface area contributed by atoms with E-state index in [1.165, 1.54) is 0 Å². The Balaban J connectivity index is 2.55. The van der Waals surface area contributed by atoms with Crippen LogP contribution in [-0.4, -0.2) is 56.3 Å². The maximum absolute atomic E-state index is 12.0. The first-order valence-corrected chi connectivity index (χ1v) is 7.23. The second-order valence-electron chi connectivity index (χ2n) is 4.21. The first kappa shape index (κ1) is 16.2. The molecule has 1 unspecified atom stereocenters. The quantitative estimate of drug-likeness (QED) is 0.564. The minimum Gasteiger partial charge on any atom is -0.385 e. The Morgan fingerprint density at radius 3 is 2.63 bits per heavy atom. The van der Waals surface area contributed by atoms with Gasteiger partial charge in [0.25, 0.3) is 0 Å². The smallest absolute Gasteiger partial charge is 0.385 e. The SMILES string of the molecule is N=C(N)C1CN(S(=O)(=O)CCCC(F)(F)F)CCO1. The van der Waals surface area contributed by atoms with E-state index in [1.807, 2.05) is 0 Å². The van der Waals surface area contributed by atoms with Crippen LogP contribution in [-0.2, 0) is 14.8 Å². The number of ether oxygens (including phenoxy) is 1. The summed E-state index contributed by atoms with van der Waals surface area (Å²) in [6.07, 6.45) is -6.80. The predicted molar refractivity (Wildman–Crippen MR) is 62.3 cm³/mol. The molecule has 10 heteroatoms. The number of sulfonamides is 1. The number of halogens is 3. The first-order chi connectivity index (χ1) is 8.62. The standard InChI is InChI=1S/C9H16F3N3O3S/c10-9(11,12)2-1-5-19(16,17)15-3-4-18-7(6-15)8(13)14/h7H,1-6H2,(H3,13,14). The lowest BCUT2D eigenvalue weighted by Crippen LogP contribution is -2.50. The van der Waals surface area contributed by atoms with Crippen molar-refractivity contribution in [3.05, 3.63) is 0 Å². The molecule has 1 fully saturated rings. The molecule has 1 saturated heterocycles. The van der Waals surface area contributed by atoms with E-state index in [4.69, 9.17) is 15.9 Å². The number of nitrogens with one attached hydrogen (secondary N) is 1. The van der Waals surface area contributed by atoms with Crippen molar-refractivity contribution < 1.29 is 26.3 Å². The van der Waals surface area contributed by atoms with Gasteiger partial charge in [0.15, 0.2) is 0 Å². The van der Waals surface area contributed by atoms with E-state index < -0.39 is 40.9 Å². The summed E-state index contributed by atoms with van der Waals surface area (Å²) in [7, 11) is -3.77. The largest absolute Gasteiger partial charge is 0.389 e. The molecule has 0 bridgehead atoms. The summed E-state index contributed by atoms with van der Waals surface area (Å²) in [4.78, 5) is 0. The molecule has 0 spiro atoms. The Morgan fingerprint density at radius 1 is 1.47 bits per heavy atom. The lowest BCUT2D eigenvalue weighted by atomic mass is 10.3. The van der Waals surface area contributed by atoms with Crippen LogP contribution >= 0.6 is 0 Å². The molecule has 112 valence electrons. The van der Waals surface area contributed by atoms with E-state index in [0.717, 1.165) is 4.31 Å². The van der Waals surface area contributed by atoms with E-state index in [-0.39, 0.29) is 25.5 Å². The van der Waals surface area contributed by atoms with E-state index >= 15 is 0 Å². The van der Waals surface area contributed by atoms with Gasteiger partial charge in [0.2, 0.25) is 10.0 Å². The molecule has 1 aliphatic heterocycles. The van der Waals surface area contributed by atoms with Crippen LogP contribution < -0.4 is 5.73 Å². The highest BCUT2D eigenvalue weighted by Crippen LogP contribution is 2.22. The Morgan fingerprint density at radius 2 is 2.11 bits per heavy atom. The number of rotatable bonds is 5. The van der Waals surface area contributed by atoms with Crippen molar-refractivity contribution in [2.45, 2.75) is 25.1 Å². The molecule has 19 heavy (non-hydrogen) atoms. The molecule has 6 nitrogen and oxygen atoms in total. The summed E-state index contributed by atoms with van der Waals surface area (Å²) in [5.74, 6) is -0.868. The number of nitrogens with zero attached hydrogens (tertiary/aromatic N) is 1. The highest BCUT2D eigenvalue weighted by Gasteiger charge is 2.32. The van der Waals surface area contributed by atoms with E-state index in [1.54, 1.807) is 0 Å². The molecule has 1 atom stereocenters. The summed E-state index contributed by atoms with van der Waals surface area (Å²) >= 11 is 0. The van der Waals surface area contributed by atoms with Crippen LogP contribution in [0.15, 0.2) is 0 Å². The number of alkyl halides is 3. The van der Waals surface area contributed by atoms with Crippen LogP contribution in [0.2, 0.25) is 0 Å². The van der Waals surface area contributed by atoms with Crippen molar-refractivity contribution in [3.63, 3.8) is 0 Å². The van der Waals surface area contributed by atoms with Crippen LogP contribution in [0.5, 0.6) is 0 Å². The second-order valence-corrected chi connectivity index (χ2v) is 6.30. The molecular weight excluding hydrogens is 287 g/mol. The van der Waals surface area contributed by atoms with E-state index in [0.29, 0.717) is 0 Å². The maximum atomic E-state index is 12.0. The highest BCUT2D eigenvalue weighted by molar-refractivity contribution is 7.89. The maximum Gasteiger partial charge on any atom is 0.389 e. The van der Waals surface area contributed by atoms with Gasteiger partial charge >= 0.3 is 6.18 Å². The average Bonchev–Trinajstić information content (AvgIpc) is 2.27. The van der Waals surface area contributed by atoms with Crippen molar-refractivity contribution >= 4 is 15.9 Å². The van der Waals surface area contributed by atoms with Gasteiger partial charge in [0.1, 0.15) is 11.9 Å². The summed E-state index contributed by atoms with van der Waals surface area (Å²) in [6.45, 7) is 0.0184. The van der Waals surface area contributed by atoms with Gasteiger partial charge in [0.05, 0.1) is 12.4 Å². The Labute approximate surface area is 109 Å². The molecule has 0 aromatic heterocycles. The van der Waals surface area contributed by atoms with Gasteiger partial charge in [-0.2, -0.15) is 17.5 Å². The molecule has 0 saturated carbocycles. The van der Waals surface area contributed by atoms with Crippen LogP contribution in [0, 0.1) is 5.41 Å². The van der Waals surface area contributed by atoms with Gasteiger partial charge in [-0.05, 0) is 6.42 Å². The van der Waals surface area contributed by atoms with Crippen molar-refractivity contribution in [2.24, 2.45) is 5.73 Å². The fourth-order valence-electron chi connectivity index (χ4n) is 1.65. The van der Waals surface area contributed by atoms with Crippen LogP contribution in [0.1, 0.15) is 12.8 Å². The molecule has 3 N–H and O–H groups in total. The van der Waals surface area contributed by atoms with Gasteiger partial charge in [-0.3, -0.25) is 5.41 Å². The highest BCUT2D eigenvalue weighted by atomic mass is 32.2. The third kappa shape index (κ3) is 5.33. The van der Waals surface area contributed by atoms with Gasteiger partial charge in [-0.15, -0.1) is 0 Å². The number of hydrogen-bond donors (Lipinski definition) is 2. The Kier molecular flexibility index (Phi) is 5.16. The molecule has 1 heterocycles. The van der Waals surface area contributed by atoms with Crippen molar-refractivity contribution in [3.8, 4) is 0 Å². The first-order valence-electron chi connectivity index (χ1n) is 5.62. The molecule has 0 aliphatic carbocycles. The number of nitrogens with two attached hydrogens (primary N) is 1. The predicted octanol–water partition coefficient (Wildman–Crippen LogP) is 0.295. The molecular formula is C9H16F3N3O3S. The zero-order chi connectivity index (χ0) is 14.7.